The molecule has 2 aromatic rings. The predicted octanol–water partition coefficient (Wildman–Crippen LogP) is 4.11. The van der Waals surface area contributed by atoms with Crippen LogP contribution in [0, 0.1) is 12.7 Å². The van der Waals surface area contributed by atoms with Gasteiger partial charge in [0.05, 0.1) is 0 Å². The molecule has 1 atom stereocenters. The zero-order chi connectivity index (χ0) is 15.2. The van der Waals surface area contributed by atoms with Crippen molar-refractivity contribution < 1.29 is 4.39 Å². The Morgan fingerprint density at radius 1 is 1.33 bits per heavy atom. The molecule has 2 N–H and O–H groups in total. The second-order valence-electron chi connectivity index (χ2n) is 5.35. The first-order valence-electron chi connectivity index (χ1n) is 7.36. The Morgan fingerprint density at radius 3 is 2.76 bits per heavy atom. The van der Waals surface area contributed by atoms with Crippen LogP contribution in [0.4, 0.5) is 4.39 Å². The molecular formula is C17H23FN2S. The highest BCUT2D eigenvalue weighted by molar-refractivity contribution is 7.09. The van der Waals surface area contributed by atoms with Gasteiger partial charge >= 0.3 is 0 Å². The first kappa shape index (κ1) is 16.1. The lowest BCUT2D eigenvalue weighted by Crippen LogP contribution is -2.26. The number of benzene rings is 1. The highest BCUT2D eigenvalue weighted by Gasteiger charge is 2.11. The molecule has 1 heterocycles. The van der Waals surface area contributed by atoms with Gasteiger partial charge in [-0.1, -0.05) is 25.1 Å². The quantitative estimate of drug-likeness (QED) is 0.834. The molecule has 0 bridgehead atoms. The molecule has 2 nitrogen and oxygen atoms in total. The first-order valence-corrected chi connectivity index (χ1v) is 8.24. The molecular weight excluding hydrogens is 283 g/mol. The Balaban J connectivity index is 1.89. The molecule has 0 fully saturated rings. The van der Waals surface area contributed by atoms with Gasteiger partial charge in [-0.3, -0.25) is 4.90 Å². The van der Waals surface area contributed by atoms with E-state index in [9.17, 15) is 4.39 Å². The van der Waals surface area contributed by atoms with Gasteiger partial charge in [-0.25, -0.2) is 4.39 Å². The largest absolute Gasteiger partial charge is 0.324 e. The summed E-state index contributed by atoms with van der Waals surface area (Å²) in [5, 5.41) is 2.10. The minimum absolute atomic E-state index is 0.113. The SMILES string of the molecule is CCN(CCC(N)c1ccc(C)c(F)c1)Cc1cccs1. The fourth-order valence-electron chi connectivity index (χ4n) is 2.30. The van der Waals surface area contributed by atoms with Crippen molar-refractivity contribution in [3.8, 4) is 0 Å². The summed E-state index contributed by atoms with van der Waals surface area (Å²) in [4.78, 5) is 3.74. The van der Waals surface area contributed by atoms with Crippen LogP contribution in [0.5, 0.6) is 0 Å². The molecule has 0 saturated carbocycles. The zero-order valence-electron chi connectivity index (χ0n) is 12.7. The van der Waals surface area contributed by atoms with Gasteiger partial charge in [-0.2, -0.15) is 0 Å². The van der Waals surface area contributed by atoms with Gasteiger partial charge in [0, 0.05) is 24.0 Å². The van der Waals surface area contributed by atoms with Gasteiger partial charge in [0.25, 0.3) is 0 Å². The van der Waals surface area contributed by atoms with Crippen LogP contribution in [0.2, 0.25) is 0 Å². The third-order valence-electron chi connectivity index (χ3n) is 3.79. The van der Waals surface area contributed by atoms with E-state index in [-0.39, 0.29) is 11.9 Å². The minimum atomic E-state index is -0.172. The van der Waals surface area contributed by atoms with Crippen molar-refractivity contribution in [1.82, 2.24) is 4.90 Å². The summed E-state index contributed by atoms with van der Waals surface area (Å²) in [5.41, 5.74) is 7.75. The van der Waals surface area contributed by atoms with Gasteiger partial charge in [-0.05, 0) is 48.5 Å². The fraction of sp³-hybridized carbons (Fsp3) is 0.412. The Hall–Kier alpha value is -1.23. The molecule has 1 aromatic heterocycles. The maximum atomic E-state index is 13.6. The van der Waals surface area contributed by atoms with Gasteiger partial charge in [-0.15, -0.1) is 11.3 Å². The maximum absolute atomic E-state index is 13.6. The molecule has 0 aliphatic rings. The van der Waals surface area contributed by atoms with E-state index < -0.39 is 0 Å². The average molecular weight is 306 g/mol. The number of rotatable bonds is 7. The fourth-order valence-corrected chi connectivity index (χ4v) is 3.05. The Labute approximate surface area is 130 Å². The third kappa shape index (κ3) is 4.63. The van der Waals surface area contributed by atoms with Gasteiger partial charge < -0.3 is 5.73 Å². The van der Waals surface area contributed by atoms with E-state index in [2.05, 4.69) is 29.3 Å². The molecule has 0 saturated heterocycles. The Morgan fingerprint density at radius 2 is 2.14 bits per heavy atom. The molecule has 21 heavy (non-hydrogen) atoms. The highest BCUT2D eigenvalue weighted by Crippen LogP contribution is 2.19. The van der Waals surface area contributed by atoms with Crippen molar-refractivity contribution in [3.05, 3.63) is 57.5 Å². The number of aryl methyl sites for hydroxylation is 1. The first-order chi connectivity index (χ1) is 10.1. The minimum Gasteiger partial charge on any atom is -0.324 e. The third-order valence-corrected chi connectivity index (χ3v) is 4.65. The van der Waals surface area contributed by atoms with E-state index in [1.807, 2.05) is 6.07 Å². The number of nitrogens with two attached hydrogens (primary N) is 1. The van der Waals surface area contributed by atoms with Crippen LogP contribution >= 0.6 is 11.3 Å². The molecule has 0 aliphatic carbocycles. The number of thiophene rings is 1. The lowest BCUT2D eigenvalue weighted by Gasteiger charge is -2.22. The highest BCUT2D eigenvalue weighted by atomic mass is 32.1. The molecule has 1 unspecified atom stereocenters. The van der Waals surface area contributed by atoms with E-state index in [4.69, 9.17) is 5.73 Å². The summed E-state index contributed by atoms with van der Waals surface area (Å²) < 4.78 is 13.6. The smallest absolute Gasteiger partial charge is 0.126 e. The average Bonchev–Trinajstić information content (AvgIpc) is 2.99. The summed E-state index contributed by atoms with van der Waals surface area (Å²) in [5.74, 6) is -0.172. The van der Waals surface area contributed by atoms with Crippen molar-refractivity contribution in [2.45, 2.75) is 32.9 Å². The van der Waals surface area contributed by atoms with Crippen molar-refractivity contribution >= 4 is 11.3 Å². The van der Waals surface area contributed by atoms with Crippen LogP contribution in [0.15, 0.2) is 35.7 Å². The summed E-state index contributed by atoms with van der Waals surface area (Å²) in [6.07, 6.45) is 0.835. The second kappa shape index (κ2) is 7.69. The normalized spacial score (nSPS) is 12.8. The predicted molar refractivity (Wildman–Crippen MR) is 88.0 cm³/mol. The molecule has 2 rings (SSSR count). The lowest BCUT2D eigenvalue weighted by atomic mass is 10.0. The maximum Gasteiger partial charge on any atom is 0.126 e. The van der Waals surface area contributed by atoms with E-state index >= 15 is 0 Å². The van der Waals surface area contributed by atoms with Crippen LogP contribution < -0.4 is 5.73 Å². The number of halogens is 1. The summed E-state index contributed by atoms with van der Waals surface area (Å²) in [7, 11) is 0. The molecule has 0 aliphatic heterocycles. The monoisotopic (exact) mass is 306 g/mol. The number of hydrogen-bond donors (Lipinski definition) is 1. The topological polar surface area (TPSA) is 29.3 Å². The van der Waals surface area contributed by atoms with Crippen LogP contribution in [-0.2, 0) is 6.54 Å². The van der Waals surface area contributed by atoms with Crippen LogP contribution in [-0.4, -0.2) is 18.0 Å². The standard InChI is InChI=1S/C17H23FN2S/c1-3-20(12-15-5-4-10-21-15)9-8-17(19)14-7-6-13(2)16(18)11-14/h4-7,10-11,17H,3,8-9,12,19H2,1-2H3. The number of nitrogens with zero attached hydrogens (tertiary/aromatic N) is 1. The molecule has 0 radical (unpaired) electrons. The number of hydrogen-bond acceptors (Lipinski definition) is 3. The van der Waals surface area contributed by atoms with Crippen molar-refractivity contribution in [1.29, 1.82) is 0 Å². The van der Waals surface area contributed by atoms with Crippen LogP contribution in [0.3, 0.4) is 0 Å². The van der Waals surface area contributed by atoms with Gasteiger partial charge in [0.15, 0.2) is 0 Å². The molecule has 0 amide bonds. The summed E-state index contributed by atoms with van der Waals surface area (Å²) >= 11 is 1.78. The molecule has 1 aromatic carbocycles. The van der Waals surface area contributed by atoms with Crippen molar-refractivity contribution in [2.24, 2.45) is 5.73 Å². The van der Waals surface area contributed by atoms with E-state index in [0.29, 0.717) is 5.56 Å². The lowest BCUT2D eigenvalue weighted by molar-refractivity contribution is 0.270. The van der Waals surface area contributed by atoms with Crippen LogP contribution in [0.25, 0.3) is 0 Å². The van der Waals surface area contributed by atoms with E-state index in [1.165, 1.54) is 4.88 Å². The van der Waals surface area contributed by atoms with Gasteiger partial charge in [0.2, 0.25) is 0 Å². The van der Waals surface area contributed by atoms with Gasteiger partial charge in [0.1, 0.15) is 5.82 Å². The summed E-state index contributed by atoms with van der Waals surface area (Å²) in [6.45, 7) is 6.80. The Kier molecular flexibility index (Phi) is 5.91. The van der Waals surface area contributed by atoms with Crippen molar-refractivity contribution in [2.75, 3.05) is 13.1 Å². The van der Waals surface area contributed by atoms with Crippen molar-refractivity contribution in [3.63, 3.8) is 0 Å². The molecule has 4 heteroatoms. The van der Waals surface area contributed by atoms with E-state index in [0.717, 1.165) is 31.6 Å². The Bertz CT molecular complexity index is 554. The second-order valence-corrected chi connectivity index (χ2v) is 6.38. The zero-order valence-corrected chi connectivity index (χ0v) is 13.5. The summed E-state index contributed by atoms with van der Waals surface area (Å²) in [6, 6.07) is 9.41. The molecule has 0 spiro atoms. The van der Waals surface area contributed by atoms with Crippen LogP contribution in [0.1, 0.15) is 35.4 Å². The van der Waals surface area contributed by atoms with E-state index in [1.54, 1.807) is 30.4 Å². The molecule has 114 valence electrons.